The van der Waals surface area contributed by atoms with Gasteiger partial charge in [0.05, 0.1) is 29.1 Å². The summed E-state index contributed by atoms with van der Waals surface area (Å²) in [5, 5.41) is 0.668. The smallest absolute Gasteiger partial charge is 0.260 e. The lowest BCUT2D eigenvalue weighted by Crippen LogP contribution is -2.30. The second-order valence-electron chi connectivity index (χ2n) is 7.76. The van der Waals surface area contributed by atoms with Gasteiger partial charge in [-0.1, -0.05) is 43.2 Å². The number of aromatic nitrogens is 2. The fraction of sp³-hybridized carbons (Fsp3) is 0.269. The number of unbranched alkanes of at least 4 members (excludes halogenated alkanes) is 2. The Hall–Kier alpha value is -3.25. The van der Waals surface area contributed by atoms with Gasteiger partial charge in [0.1, 0.15) is 5.75 Å². The van der Waals surface area contributed by atoms with Crippen molar-refractivity contribution in [3.05, 3.63) is 83.7 Å². The number of thiazole rings is 1. The fourth-order valence-corrected chi connectivity index (χ4v) is 4.47. The van der Waals surface area contributed by atoms with Crippen molar-refractivity contribution in [2.75, 3.05) is 11.5 Å². The normalized spacial score (nSPS) is 10.9. The van der Waals surface area contributed by atoms with Crippen molar-refractivity contribution in [1.29, 1.82) is 0 Å². The number of benzene rings is 2. The first-order chi connectivity index (χ1) is 15.6. The molecule has 0 spiro atoms. The summed E-state index contributed by atoms with van der Waals surface area (Å²) in [6.45, 7) is 5.27. The number of anilines is 1. The van der Waals surface area contributed by atoms with Gasteiger partial charge in [-0.25, -0.2) is 4.98 Å². The van der Waals surface area contributed by atoms with Gasteiger partial charge in [-0.05, 0) is 67.4 Å². The third kappa shape index (κ3) is 5.32. The average Bonchev–Trinajstić information content (AvgIpc) is 3.24. The number of hydrogen-bond donors (Lipinski definition) is 0. The van der Waals surface area contributed by atoms with E-state index in [0.717, 1.165) is 40.9 Å². The van der Waals surface area contributed by atoms with E-state index in [9.17, 15) is 4.79 Å². The van der Waals surface area contributed by atoms with E-state index in [-0.39, 0.29) is 5.91 Å². The summed E-state index contributed by atoms with van der Waals surface area (Å²) in [7, 11) is 0. The molecular formula is C26H27N3O2S. The van der Waals surface area contributed by atoms with Crippen LogP contribution in [0.1, 0.15) is 47.8 Å². The topological polar surface area (TPSA) is 55.3 Å². The summed E-state index contributed by atoms with van der Waals surface area (Å²) >= 11 is 1.52. The maximum atomic E-state index is 13.5. The lowest BCUT2D eigenvalue weighted by molar-refractivity contribution is 0.0985. The highest BCUT2D eigenvalue weighted by atomic mass is 32.1. The average molecular weight is 446 g/mol. The number of pyridine rings is 1. The van der Waals surface area contributed by atoms with Crippen LogP contribution in [0.3, 0.4) is 0 Å². The van der Waals surface area contributed by atoms with Crippen molar-refractivity contribution in [3.8, 4) is 5.75 Å². The lowest BCUT2D eigenvalue weighted by Gasteiger charge is -2.20. The van der Waals surface area contributed by atoms with Crippen LogP contribution in [0.5, 0.6) is 5.75 Å². The highest BCUT2D eigenvalue weighted by Gasteiger charge is 2.22. The first kappa shape index (κ1) is 22.0. The molecule has 2 heterocycles. The van der Waals surface area contributed by atoms with Crippen LogP contribution < -0.4 is 9.64 Å². The van der Waals surface area contributed by atoms with E-state index in [0.29, 0.717) is 23.8 Å². The number of carbonyl (C=O) groups is 1. The van der Waals surface area contributed by atoms with E-state index in [1.165, 1.54) is 16.9 Å². The number of amides is 1. The number of rotatable bonds is 9. The lowest BCUT2D eigenvalue weighted by atomic mass is 10.2. The van der Waals surface area contributed by atoms with Crippen molar-refractivity contribution in [2.45, 2.75) is 39.7 Å². The first-order valence-electron chi connectivity index (χ1n) is 11.0. The quantitative estimate of drug-likeness (QED) is 0.279. The molecule has 0 fully saturated rings. The molecular weight excluding hydrogens is 418 g/mol. The van der Waals surface area contributed by atoms with Gasteiger partial charge in [-0.3, -0.25) is 14.7 Å². The molecule has 0 unspecified atom stereocenters. The van der Waals surface area contributed by atoms with Gasteiger partial charge in [-0.15, -0.1) is 0 Å². The zero-order chi connectivity index (χ0) is 22.3. The summed E-state index contributed by atoms with van der Waals surface area (Å²) in [5.41, 5.74) is 3.47. The molecule has 0 aliphatic rings. The molecule has 0 atom stereocenters. The maximum absolute atomic E-state index is 13.5. The Kier molecular flexibility index (Phi) is 7.12. The minimum atomic E-state index is -0.107. The van der Waals surface area contributed by atoms with Crippen molar-refractivity contribution in [2.24, 2.45) is 0 Å². The van der Waals surface area contributed by atoms with Gasteiger partial charge in [-0.2, -0.15) is 0 Å². The third-order valence-corrected chi connectivity index (χ3v) is 6.21. The Morgan fingerprint density at radius 1 is 1.06 bits per heavy atom. The number of carbonyl (C=O) groups excluding carboxylic acids is 1. The van der Waals surface area contributed by atoms with Crippen LogP contribution >= 0.6 is 11.3 Å². The second-order valence-corrected chi connectivity index (χ2v) is 8.77. The summed E-state index contributed by atoms with van der Waals surface area (Å²) in [5.74, 6) is 0.674. The van der Waals surface area contributed by atoms with Crippen LogP contribution in [0.2, 0.25) is 0 Å². The molecule has 4 rings (SSSR count). The fourth-order valence-electron chi connectivity index (χ4n) is 3.41. The number of ether oxygens (including phenoxy) is 1. The monoisotopic (exact) mass is 445 g/mol. The minimum absolute atomic E-state index is 0.107. The standard InChI is InChI=1S/C26H27N3O2S/c1-3-4-7-16-31-22-12-10-20(11-13-22)25(30)29(18-21-8-5-6-15-27-21)26-28-23-14-9-19(2)17-24(23)32-26/h5-6,8-15,17H,3-4,7,16,18H2,1-2H3. The maximum Gasteiger partial charge on any atom is 0.260 e. The summed E-state index contributed by atoms with van der Waals surface area (Å²) in [6, 6.07) is 19.2. The molecule has 2 aromatic carbocycles. The molecule has 0 N–H and O–H groups in total. The number of fused-ring (bicyclic) bond motifs is 1. The van der Waals surface area contributed by atoms with Crippen LogP contribution in [-0.2, 0) is 6.54 Å². The Morgan fingerprint density at radius 3 is 2.66 bits per heavy atom. The van der Waals surface area contributed by atoms with Crippen LogP contribution in [0.4, 0.5) is 5.13 Å². The molecule has 0 saturated heterocycles. The predicted octanol–water partition coefficient (Wildman–Crippen LogP) is 6.42. The number of aryl methyl sites for hydroxylation is 1. The van der Waals surface area contributed by atoms with Crippen molar-refractivity contribution >= 4 is 32.6 Å². The molecule has 0 saturated carbocycles. The van der Waals surface area contributed by atoms with E-state index in [1.807, 2.05) is 54.6 Å². The van der Waals surface area contributed by atoms with E-state index in [4.69, 9.17) is 9.72 Å². The highest BCUT2D eigenvalue weighted by molar-refractivity contribution is 7.22. The largest absolute Gasteiger partial charge is 0.494 e. The van der Waals surface area contributed by atoms with Crippen molar-refractivity contribution < 1.29 is 9.53 Å². The van der Waals surface area contributed by atoms with Crippen LogP contribution in [0, 0.1) is 6.92 Å². The van der Waals surface area contributed by atoms with E-state index < -0.39 is 0 Å². The van der Waals surface area contributed by atoms with Gasteiger partial charge >= 0.3 is 0 Å². The predicted molar refractivity (Wildman–Crippen MR) is 131 cm³/mol. The molecule has 5 nitrogen and oxygen atoms in total. The van der Waals surface area contributed by atoms with Crippen molar-refractivity contribution in [3.63, 3.8) is 0 Å². The Labute approximate surface area is 192 Å². The zero-order valence-electron chi connectivity index (χ0n) is 18.5. The molecule has 32 heavy (non-hydrogen) atoms. The van der Waals surface area contributed by atoms with Gasteiger partial charge in [0.25, 0.3) is 5.91 Å². The summed E-state index contributed by atoms with van der Waals surface area (Å²) in [4.78, 5) is 24.4. The van der Waals surface area contributed by atoms with Gasteiger partial charge in [0.2, 0.25) is 0 Å². The molecule has 6 heteroatoms. The van der Waals surface area contributed by atoms with Crippen LogP contribution in [0.15, 0.2) is 66.9 Å². The summed E-state index contributed by atoms with van der Waals surface area (Å²) < 4.78 is 6.85. The van der Waals surface area contributed by atoms with E-state index in [1.54, 1.807) is 11.1 Å². The number of nitrogens with zero attached hydrogens (tertiary/aromatic N) is 3. The van der Waals surface area contributed by atoms with E-state index >= 15 is 0 Å². The third-order valence-electron chi connectivity index (χ3n) is 5.17. The second kappa shape index (κ2) is 10.4. The highest BCUT2D eigenvalue weighted by Crippen LogP contribution is 2.31. The Morgan fingerprint density at radius 2 is 1.91 bits per heavy atom. The number of hydrogen-bond acceptors (Lipinski definition) is 5. The molecule has 164 valence electrons. The van der Waals surface area contributed by atoms with E-state index in [2.05, 4.69) is 24.9 Å². The molecule has 2 aromatic heterocycles. The molecule has 4 aromatic rings. The van der Waals surface area contributed by atoms with Crippen molar-refractivity contribution in [1.82, 2.24) is 9.97 Å². The molecule has 0 radical (unpaired) electrons. The molecule has 1 amide bonds. The first-order valence-corrected chi connectivity index (χ1v) is 11.8. The minimum Gasteiger partial charge on any atom is -0.494 e. The van der Waals surface area contributed by atoms with Gasteiger partial charge < -0.3 is 4.74 Å². The Bertz CT molecular complexity index is 1170. The van der Waals surface area contributed by atoms with Gasteiger partial charge in [0, 0.05) is 11.8 Å². The SMILES string of the molecule is CCCCCOc1ccc(C(=O)N(Cc2ccccn2)c2nc3ccc(C)cc3s2)cc1. The Balaban J connectivity index is 1.59. The molecule has 0 aliphatic carbocycles. The summed E-state index contributed by atoms with van der Waals surface area (Å²) in [6.07, 6.45) is 5.09. The van der Waals surface area contributed by atoms with Crippen LogP contribution in [0.25, 0.3) is 10.2 Å². The molecule has 0 aliphatic heterocycles. The zero-order valence-corrected chi connectivity index (χ0v) is 19.3. The molecule has 0 bridgehead atoms. The van der Waals surface area contributed by atoms with Crippen LogP contribution in [-0.4, -0.2) is 22.5 Å². The van der Waals surface area contributed by atoms with Gasteiger partial charge in [0.15, 0.2) is 5.13 Å².